The van der Waals surface area contributed by atoms with Crippen LogP contribution in [0, 0.1) is 11.3 Å². The summed E-state index contributed by atoms with van der Waals surface area (Å²) in [5, 5.41) is 15.5. The average molecular weight is 643 g/mol. The van der Waals surface area contributed by atoms with Gasteiger partial charge in [-0.05, 0) is 30.4 Å². The molecule has 0 bridgehead atoms. The number of hydrogen-bond acceptors (Lipinski definition) is 5. The van der Waals surface area contributed by atoms with Gasteiger partial charge in [0, 0.05) is 64.0 Å². The van der Waals surface area contributed by atoms with Crippen LogP contribution >= 0.6 is 0 Å². The molecule has 0 aromatic heterocycles. The van der Waals surface area contributed by atoms with Crippen molar-refractivity contribution >= 4 is 17.4 Å². The van der Waals surface area contributed by atoms with Crippen molar-refractivity contribution in [3.8, 4) is 0 Å². The molecule has 1 saturated carbocycles. The molecule has 1 atom stereocenters. The van der Waals surface area contributed by atoms with Gasteiger partial charge in [-0.2, -0.15) is 26.3 Å². The molecule has 2 N–H and O–H groups in total. The highest BCUT2D eigenvalue weighted by molar-refractivity contribution is 6.09. The lowest BCUT2D eigenvalue weighted by Crippen LogP contribution is -2.64. The number of amides is 2. The first-order valence-electron chi connectivity index (χ1n) is 15.6. The van der Waals surface area contributed by atoms with E-state index in [0.29, 0.717) is 51.1 Å². The second kappa shape index (κ2) is 13.0. The van der Waals surface area contributed by atoms with Crippen LogP contribution in [0.3, 0.4) is 0 Å². The number of aliphatic hydroxyl groups is 1. The smallest absolute Gasteiger partial charge is 0.387 e. The van der Waals surface area contributed by atoms with Crippen LogP contribution in [0.15, 0.2) is 48.2 Å². The van der Waals surface area contributed by atoms with Gasteiger partial charge in [0.05, 0.1) is 29.9 Å². The number of β-amino-alcohol motifs (C(OH)–C–C–N with tert-alkyl or cyclic N) is 1. The molecule has 1 aliphatic carbocycles. The fourth-order valence-corrected chi connectivity index (χ4v) is 7.52. The molecule has 248 valence electrons. The minimum Gasteiger partial charge on any atom is -0.387 e. The minimum absolute atomic E-state index is 0.00413. The van der Waals surface area contributed by atoms with Crippen LogP contribution in [0.25, 0.3) is 5.57 Å². The maximum absolute atomic E-state index is 13.8. The monoisotopic (exact) mass is 642 g/mol. The minimum atomic E-state index is -4.93. The number of halogens is 6. The van der Waals surface area contributed by atoms with Crippen molar-refractivity contribution in [2.45, 2.75) is 62.9 Å². The maximum Gasteiger partial charge on any atom is 0.389 e. The highest BCUT2D eigenvalue weighted by Gasteiger charge is 2.57. The van der Waals surface area contributed by atoms with Gasteiger partial charge in [-0.1, -0.05) is 49.2 Å². The molecular formula is C32H40F6N4O3. The van der Waals surface area contributed by atoms with Crippen LogP contribution in [0.4, 0.5) is 26.3 Å². The Hall–Kier alpha value is -3.06. The quantitative estimate of drug-likeness (QED) is 0.421. The summed E-state index contributed by atoms with van der Waals surface area (Å²) < 4.78 is 79.2. The van der Waals surface area contributed by atoms with Gasteiger partial charge in [0.1, 0.15) is 0 Å². The Morgan fingerprint density at radius 1 is 0.889 bits per heavy atom. The van der Waals surface area contributed by atoms with Gasteiger partial charge in [-0.25, -0.2) is 0 Å². The van der Waals surface area contributed by atoms with Gasteiger partial charge in [0.25, 0.3) is 5.91 Å². The number of carbonyl (C=O) groups is 2. The van der Waals surface area contributed by atoms with E-state index in [4.69, 9.17) is 0 Å². The molecule has 5 rings (SSSR count). The third-order valence-electron chi connectivity index (χ3n) is 9.77. The van der Waals surface area contributed by atoms with Crippen molar-refractivity contribution < 1.29 is 41.0 Å². The van der Waals surface area contributed by atoms with Crippen molar-refractivity contribution in [1.29, 1.82) is 0 Å². The van der Waals surface area contributed by atoms with E-state index in [2.05, 4.69) is 5.32 Å². The average Bonchev–Trinajstić information content (AvgIpc) is 3.47. The Kier molecular flexibility index (Phi) is 9.61. The number of carbonyl (C=O) groups excluding carboxylic acids is 2. The van der Waals surface area contributed by atoms with Crippen LogP contribution in [-0.2, 0) is 9.59 Å². The Bertz CT molecular complexity index is 1270. The summed E-state index contributed by atoms with van der Waals surface area (Å²) in [7, 11) is 0. The second-order valence-electron chi connectivity index (χ2n) is 12.9. The fourth-order valence-electron chi connectivity index (χ4n) is 7.52. The third-order valence-corrected chi connectivity index (χ3v) is 9.77. The van der Waals surface area contributed by atoms with Gasteiger partial charge >= 0.3 is 12.4 Å². The van der Waals surface area contributed by atoms with Gasteiger partial charge in [0.2, 0.25) is 5.91 Å². The highest BCUT2D eigenvalue weighted by atomic mass is 19.4. The molecule has 13 heteroatoms. The molecule has 45 heavy (non-hydrogen) atoms. The van der Waals surface area contributed by atoms with E-state index >= 15 is 0 Å². The molecule has 0 unspecified atom stereocenters. The number of nitrogens with one attached hydrogen (secondary N) is 1. The summed E-state index contributed by atoms with van der Waals surface area (Å²) in [6, 6.07) is 9.54. The zero-order valence-corrected chi connectivity index (χ0v) is 25.1. The predicted octanol–water partition coefficient (Wildman–Crippen LogP) is 4.75. The molecule has 4 aliphatic rings. The summed E-state index contributed by atoms with van der Waals surface area (Å²) in [5.74, 6) is -3.56. The number of rotatable bonds is 7. The molecule has 1 aromatic rings. The first-order chi connectivity index (χ1) is 21.2. The van der Waals surface area contributed by atoms with Crippen LogP contribution in [0.5, 0.6) is 0 Å². The molecule has 7 nitrogen and oxygen atoms in total. The first-order valence-corrected chi connectivity index (χ1v) is 15.6. The molecule has 2 saturated heterocycles. The van der Waals surface area contributed by atoms with E-state index in [1.54, 1.807) is 11.1 Å². The van der Waals surface area contributed by atoms with Gasteiger partial charge in [0.15, 0.2) is 0 Å². The Morgan fingerprint density at radius 3 is 2.11 bits per heavy atom. The number of benzene rings is 1. The fraction of sp³-hybridized carbons (Fsp3) is 0.625. The van der Waals surface area contributed by atoms with E-state index in [-0.39, 0.29) is 32.0 Å². The molecule has 1 aromatic carbocycles. The molecule has 2 amide bonds. The molecular weight excluding hydrogens is 602 g/mol. The highest BCUT2D eigenvalue weighted by Crippen LogP contribution is 2.52. The topological polar surface area (TPSA) is 76.1 Å². The van der Waals surface area contributed by atoms with Crippen molar-refractivity contribution in [3.05, 3.63) is 53.7 Å². The lowest BCUT2D eigenvalue weighted by Gasteiger charge is -2.54. The summed E-state index contributed by atoms with van der Waals surface area (Å²) in [6.07, 6.45) is -7.41. The Labute approximate surface area is 258 Å². The summed E-state index contributed by atoms with van der Waals surface area (Å²) in [5.41, 5.74) is -0.0901. The van der Waals surface area contributed by atoms with Crippen molar-refractivity contribution in [2.75, 3.05) is 52.4 Å². The summed E-state index contributed by atoms with van der Waals surface area (Å²) in [6.45, 7) is 2.71. The summed E-state index contributed by atoms with van der Waals surface area (Å²) in [4.78, 5) is 31.8. The second-order valence-corrected chi connectivity index (χ2v) is 12.9. The molecule has 3 fully saturated rings. The van der Waals surface area contributed by atoms with Crippen LogP contribution in [-0.4, -0.2) is 102 Å². The van der Waals surface area contributed by atoms with Crippen molar-refractivity contribution in [1.82, 2.24) is 20.0 Å². The van der Waals surface area contributed by atoms with Crippen LogP contribution < -0.4 is 5.32 Å². The van der Waals surface area contributed by atoms with Crippen molar-refractivity contribution in [2.24, 2.45) is 11.3 Å². The standard InChI is InChI=1S/C32H40F6N4O3/c33-31(34,35)18-24(19-32(36,37)38)27(43)42-15-11-30(45,29(21-42)9-4-5-10-29)22-40-14-8-25(23-6-2-1-3-7-23)26(20-40)28(44)41-16-12-39-13-17-41/h1-3,6-8,20,24,39,45H,4-5,9-19,21-22H2/t30-/m1/s1. The molecule has 1 spiro atoms. The zero-order valence-electron chi connectivity index (χ0n) is 25.1. The lowest BCUT2D eigenvalue weighted by atomic mass is 9.65. The van der Waals surface area contributed by atoms with Crippen molar-refractivity contribution in [3.63, 3.8) is 0 Å². The van der Waals surface area contributed by atoms with E-state index in [1.807, 2.05) is 41.3 Å². The normalized spacial score (nSPS) is 24.2. The van der Waals surface area contributed by atoms with Crippen LogP contribution in [0.2, 0.25) is 0 Å². The molecule has 3 aliphatic heterocycles. The van der Waals surface area contributed by atoms with E-state index in [1.165, 1.54) is 0 Å². The largest absolute Gasteiger partial charge is 0.389 e. The van der Waals surface area contributed by atoms with E-state index in [0.717, 1.165) is 28.9 Å². The van der Waals surface area contributed by atoms with Crippen LogP contribution in [0.1, 0.15) is 50.5 Å². The first kappa shape index (κ1) is 33.3. The number of likely N-dealkylation sites (tertiary alicyclic amines) is 1. The number of hydrogen-bond donors (Lipinski definition) is 2. The van der Waals surface area contributed by atoms with Gasteiger partial charge < -0.3 is 25.1 Å². The van der Waals surface area contributed by atoms with Gasteiger partial charge in [-0.15, -0.1) is 0 Å². The number of alkyl halides is 6. The Balaban J connectivity index is 1.38. The number of nitrogens with zero attached hydrogens (tertiary/aromatic N) is 3. The molecule has 0 radical (unpaired) electrons. The van der Waals surface area contributed by atoms with Gasteiger partial charge in [-0.3, -0.25) is 9.59 Å². The van der Waals surface area contributed by atoms with E-state index < -0.39 is 48.0 Å². The van der Waals surface area contributed by atoms with E-state index in [9.17, 15) is 41.0 Å². The third kappa shape index (κ3) is 7.67. The molecule has 3 heterocycles. The Morgan fingerprint density at radius 2 is 1.51 bits per heavy atom. The lowest BCUT2D eigenvalue weighted by molar-refractivity contribution is -0.189. The number of piperidine rings is 1. The SMILES string of the molecule is O=C(C1=CN(C[C@]2(O)CCN(C(=O)C(CC(F)(F)F)CC(F)(F)F)CC23CCCC3)CC=C1c1ccccc1)N1CCNCC1. The summed E-state index contributed by atoms with van der Waals surface area (Å²) >= 11 is 0. The predicted molar refractivity (Wildman–Crippen MR) is 155 cm³/mol. The maximum atomic E-state index is 13.8. The number of piperazine rings is 1. The zero-order chi connectivity index (χ0) is 32.5.